The molecule has 5 nitrogen and oxygen atoms in total. The number of hydrogen-bond acceptors (Lipinski definition) is 3. The molecular formula is C30H35BrN2O3. The summed E-state index contributed by atoms with van der Waals surface area (Å²) in [6.07, 6.45) is 1.21. The summed E-state index contributed by atoms with van der Waals surface area (Å²) in [5.41, 5.74) is 3.94. The highest BCUT2D eigenvalue weighted by atomic mass is 79.9. The molecule has 0 bridgehead atoms. The van der Waals surface area contributed by atoms with Gasteiger partial charge < -0.3 is 15.0 Å². The fourth-order valence-corrected chi connectivity index (χ4v) is 4.36. The molecule has 0 aliphatic rings. The summed E-state index contributed by atoms with van der Waals surface area (Å²) in [7, 11) is 0. The summed E-state index contributed by atoms with van der Waals surface area (Å²) >= 11 is 3.52. The zero-order valence-electron chi connectivity index (χ0n) is 21.5. The Morgan fingerprint density at radius 2 is 1.69 bits per heavy atom. The number of carbonyl (C=O) groups excluding carboxylic acids is 2. The summed E-state index contributed by atoms with van der Waals surface area (Å²) < 4.78 is 6.89. The summed E-state index contributed by atoms with van der Waals surface area (Å²) in [5, 5.41) is 3.09. The van der Waals surface area contributed by atoms with Crippen LogP contribution in [0.15, 0.2) is 77.3 Å². The van der Waals surface area contributed by atoms with Gasteiger partial charge >= 0.3 is 0 Å². The highest BCUT2D eigenvalue weighted by Gasteiger charge is 2.31. The van der Waals surface area contributed by atoms with E-state index in [0.29, 0.717) is 18.7 Å². The lowest BCUT2D eigenvalue weighted by Crippen LogP contribution is -2.53. The van der Waals surface area contributed by atoms with Gasteiger partial charge in [-0.15, -0.1) is 0 Å². The molecular weight excluding hydrogens is 516 g/mol. The van der Waals surface area contributed by atoms with Gasteiger partial charge in [-0.2, -0.15) is 0 Å². The maximum Gasteiger partial charge on any atom is 0.261 e. The van der Waals surface area contributed by atoms with Gasteiger partial charge in [0.15, 0.2) is 6.61 Å². The van der Waals surface area contributed by atoms with Crippen molar-refractivity contribution < 1.29 is 14.3 Å². The molecule has 0 radical (unpaired) electrons. The number of carbonyl (C=O) groups is 2. The summed E-state index contributed by atoms with van der Waals surface area (Å²) in [6, 6.07) is 22.8. The van der Waals surface area contributed by atoms with Gasteiger partial charge in [0.1, 0.15) is 11.8 Å². The van der Waals surface area contributed by atoms with Crippen molar-refractivity contribution in [2.45, 2.75) is 59.2 Å². The smallest absolute Gasteiger partial charge is 0.261 e. The maximum atomic E-state index is 13.7. The van der Waals surface area contributed by atoms with Crippen LogP contribution in [0.2, 0.25) is 0 Å². The lowest BCUT2D eigenvalue weighted by molar-refractivity contribution is -0.143. The summed E-state index contributed by atoms with van der Waals surface area (Å²) in [6.45, 7) is 8.08. The van der Waals surface area contributed by atoms with Crippen molar-refractivity contribution >= 4 is 27.7 Å². The third kappa shape index (κ3) is 7.95. The Kier molecular flexibility index (Phi) is 10.1. The van der Waals surface area contributed by atoms with Crippen molar-refractivity contribution in [3.8, 4) is 5.75 Å². The normalized spacial score (nSPS) is 12.5. The van der Waals surface area contributed by atoms with Crippen molar-refractivity contribution in [2.24, 2.45) is 0 Å². The van der Waals surface area contributed by atoms with Gasteiger partial charge in [0.25, 0.3) is 5.91 Å². The van der Waals surface area contributed by atoms with E-state index in [4.69, 9.17) is 4.74 Å². The number of halogens is 1. The van der Waals surface area contributed by atoms with Gasteiger partial charge in [-0.1, -0.05) is 77.5 Å². The van der Waals surface area contributed by atoms with E-state index in [1.807, 2.05) is 100 Å². The Bertz CT molecular complexity index is 1170. The Morgan fingerprint density at radius 1 is 0.972 bits per heavy atom. The van der Waals surface area contributed by atoms with Gasteiger partial charge in [-0.3, -0.25) is 9.59 Å². The largest absolute Gasteiger partial charge is 0.483 e. The van der Waals surface area contributed by atoms with Crippen molar-refractivity contribution in [3.63, 3.8) is 0 Å². The molecule has 0 aromatic heterocycles. The van der Waals surface area contributed by atoms with E-state index in [1.165, 1.54) is 0 Å². The number of aryl methyl sites for hydroxylation is 2. The molecule has 0 saturated heterocycles. The highest BCUT2D eigenvalue weighted by Crippen LogP contribution is 2.21. The van der Waals surface area contributed by atoms with E-state index in [-0.39, 0.29) is 24.5 Å². The lowest BCUT2D eigenvalue weighted by atomic mass is 10.0. The molecule has 1 N–H and O–H groups in total. The van der Waals surface area contributed by atoms with Crippen LogP contribution in [-0.2, 0) is 22.6 Å². The molecule has 0 saturated carbocycles. The SMILES string of the molecule is CC[C@@H](C)NC(=O)[C@H](Cc1ccccc1)N(Cc1cccc(Br)c1)C(=O)COc1cc(C)ccc1C. The summed E-state index contributed by atoms with van der Waals surface area (Å²) in [5.74, 6) is 0.272. The van der Waals surface area contributed by atoms with Gasteiger partial charge in [-0.05, 0) is 67.6 Å². The first-order chi connectivity index (χ1) is 17.3. The van der Waals surface area contributed by atoms with Gasteiger partial charge in [0.05, 0.1) is 0 Å². The number of nitrogens with one attached hydrogen (secondary N) is 1. The maximum absolute atomic E-state index is 13.7. The molecule has 3 rings (SSSR count). The Labute approximate surface area is 223 Å². The third-order valence-electron chi connectivity index (χ3n) is 6.21. The predicted molar refractivity (Wildman–Crippen MR) is 148 cm³/mol. The topological polar surface area (TPSA) is 58.6 Å². The second kappa shape index (κ2) is 13.3. The first kappa shape index (κ1) is 27.5. The molecule has 36 heavy (non-hydrogen) atoms. The fourth-order valence-electron chi connectivity index (χ4n) is 3.91. The molecule has 3 aromatic rings. The van der Waals surface area contributed by atoms with Crippen molar-refractivity contribution in [1.82, 2.24) is 10.2 Å². The van der Waals surface area contributed by atoms with Crippen LogP contribution in [0.3, 0.4) is 0 Å². The van der Waals surface area contributed by atoms with E-state index in [9.17, 15) is 9.59 Å². The zero-order valence-corrected chi connectivity index (χ0v) is 23.0. The van der Waals surface area contributed by atoms with Gasteiger partial charge in [-0.25, -0.2) is 0 Å². The van der Waals surface area contributed by atoms with Crippen molar-refractivity contribution in [3.05, 3.63) is 99.5 Å². The molecule has 3 aromatic carbocycles. The Balaban J connectivity index is 1.93. The molecule has 2 atom stereocenters. The van der Waals surface area contributed by atoms with Crippen LogP contribution in [-0.4, -0.2) is 35.4 Å². The quantitative estimate of drug-likeness (QED) is 0.318. The van der Waals surface area contributed by atoms with E-state index in [1.54, 1.807) is 4.90 Å². The lowest BCUT2D eigenvalue weighted by Gasteiger charge is -2.32. The van der Waals surface area contributed by atoms with Crippen LogP contribution in [0.25, 0.3) is 0 Å². The molecule has 0 fully saturated rings. The van der Waals surface area contributed by atoms with E-state index in [2.05, 4.69) is 21.2 Å². The van der Waals surface area contributed by atoms with Crippen LogP contribution in [0.4, 0.5) is 0 Å². The molecule has 0 heterocycles. The minimum Gasteiger partial charge on any atom is -0.483 e. The van der Waals surface area contributed by atoms with Crippen LogP contribution in [0.1, 0.15) is 42.5 Å². The minimum absolute atomic E-state index is 0.00443. The minimum atomic E-state index is -0.685. The second-order valence-electron chi connectivity index (χ2n) is 9.23. The first-order valence-electron chi connectivity index (χ1n) is 12.3. The average Bonchev–Trinajstić information content (AvgIpc) is 2.87. The first-order valence-corrected chi connectivity index (χ1v) is 13.1. The molecule has 0 spiro atoms. The second-order valence-corrected chi connectivity index (χ2v) is 10.1. The highest BCUT2D eigenvalue weighted by molar-refractivity contribution is 9.10. The number of benzene rings is 3. The third-order valence-corrected chi connectivity index (χ3v) is 6.70. The van der Waals surface area contributed by atoms with Crippen molar-refractivity contribution in [2.75, 3.05) is 6.61 Å². The zero-order chi connectivity index (χ0) is 26.1. The van der Waals surface area contributed by atoms with Crippen LogP contribution < -0.4 is 10.1 Å². The number of rotatable bonds is 11. The molecule has 6 heteroatoms. The Morgan fingerprint density at radius 3 is 2.39 bits per heavy atom. The van der Waals surface area contributed by atoms with E-state index in [0.717, 1.165) is 33.1 Å². The molecule has 0 aliphatic heterocycles. The molecule has 0 aliphatic carbocycles. The standard InChI is InChI=1S/C30H35BrN2O3/c1-5-23(4)32-30(35)27(18-24-10-7-6-8-11-24)33(19-25-12-9-13-26(31)17-25)29(34)20-36-28-16-21(2)14-15-22(28)3/h6-17,23,27H,5,18-20H2,1-4H3,(H,32,35)/t23-,27+/m1/s1. The van der Waals surface area contributed by atoms with Crippen LogP contribution in [0, 0.1) is 13.8 Å². The number of nitrogens with zero attached hydrogens (tertiary/aromatic N) is 1. The van der Waals surface area contributed by atoms with Gasteiger partial charge in [0.2, 0.25) is 5.91 Å². The van der Waals surface area contributed by atoms with E-state index < -0.39 is 6.04 Å². The van der Waals surface area contributed by atoms with Crippen LogP contribution in [0.5, 0.6) is 5.75 Å². The number of amides is 2. The number of hydrogen-bond donors (Lipinski definition) is 1. The van der Waals surface area contributed by atoms with E-state index >= 15 is 0 Å². The molecule has 0 unspecified atom stereocenters. The average molecular weight is 552 g/mol. The monoisotopic (exact) mass is 550 g/mol. The fraction of sp³-hybridized carbons (Fsp3) is 0.333. The predicted octanol–water partition coefficient (Wildman–Crippen LogP) is 6.00. The molecule has 190 valence electrons. The van der Waals surface area contributed by atoms with Gasteiger partial charge in [0, 0.05) is 23.5 Å². The molecule has 2 amide bonds. The van der Waals surface area contributed by atoms with Crippen molar-refractivity contribution in [1.29, 1.82) is 0 Å². The summed E-state index contributed by atoms with van der Waals surface area (Å²) in [4.78, 5) is 28.9. The Hall–Kier alpha value is -3.12. The number of ether oxygens (including phenoxy) is 1. The van der Waals surface area contributed by atoms with Crippen LogP contribution >= 0.6 is 15.9 Å².